The monoisotopic (exact) mass is 567 g/mol. The van der Waals surface area contributed by atoms with Crippen molar-refractivity contribution in [2.75, 3.05) is 20.8 Å². The third-order valence-electron chi connectivity index (χ3n) is 6.10. The summed E-state index contributed by atoms with van der Waals surface area (Å²) in [6.07, 6.45) is 0.0725. The maximum atomic E-state index is 13.5. The van der Waals surface area contributed by atoms with Crippen LogP contribution < -0.4 is 14.6 Å². The van der Waals surface area contributed by atoms with E-state index >= 15 is 0 Å². The Morgan fingerprint density at radius 1 is 1.05 bits per heavy atom. The lowest BCUT2D eigenvalue weighted by Crippen LogP contribution is -2.35. The van der Waals surface area contributed by atoms with Crippen LogP contribution in [0.3, 0.4) is 0 Å². The highest BCUT2D eigenvalue weighted by molar-refractivity contribution is 6.24. The summed E-state index contributed by atoms with van der Waals surface area (Å²) < 4.78 is 29.1. The second-order valence-corrected chi connectivity index (χ2v) is 10.2. The molecule has 1 atom stereocenters. The Morgan fingerprint density at radius 2 is 1.73 bits per heavy atom. The molecule has 0 bridgehead atoms. The molecule has 3 rings (SSSR count). The van der Waals surface area contributed by atoms with Gasteiger partial charge in [0.15, 0.2) is 5.78 Å². The smallest absolute Gasteiger partial charge is 0.258 e. The third-order valence-corrected chi connectivity index (χ3v) is 6.10. The van der Waals surface area contributed by atoms with Gasteiger partial charge in [-0.25, -0.2) is 4.39 Å². The number of amides is 2. The van der Waals surface area contributed by atoms with Crippen LogP contribution >= 0.6 is 0 Å². The first kappa shape index (κ1) is 31.0. The van der Waals surface area contributed by atoms with Gasteiger partial charge in [-0.3, -0.25) is 29.1 Å². The van der Waals surface area contributed by atoms with Gasteiger partial charge in [0.05, 0.1) is 20.8 Å². The first-order valence-corrected chi connectivity index (χ1v) is 12.9. The Hall–Kier alpha value is -4.54. The molecule has 218 valence electrons. The van der Waals surface area contributed by atoms with E-state index in [0.29, 0.717) is 17.1 Å². The predicted molar refractivity (Wildman–Crippen MR) is 145 cm³/mol. The number of Topliss-reactive ketones (excluding diaryl/α,β-unsaturated/α-hetero) is 2. The number of carbonyl (C=O) groups excluding carboxylic acids is 4. The lowest BCUT2D eigenvalue weighted by atomic mass is 9.85. The molecule has 11 heteroatoms. The summed E-state index contributed by atoms with van der Waals surface area (Å²) in [5.74, 6) is -4.21. The molecule has 1 aliphatic heterocycles. The van der Waals surface area contributed by atoms with Gasteiger partial charge in [-0.15, -0.1) is 0 Å². The van der Waals surface area contributed by atoms with Crippen LogP contribution in [0, 0.1) is 11.7 Å². The van der Waals surface area contributed by atoms with E-state index in [1.807, 2.05) is 0 Å². The van der Waals surface area contributed by atoms with E-state index in [1.165, 1.54) is 26.4 Å². The molecule has 0 saturated heterocycles. The van der Waals surface area contributed by atoms with Crippen LogP contribution in [0.25, 0.3) is 0 Å². The van der Waals surface area contributed by atoms with Crippen molar-refractivity contribution in [3.8, 4) is 11.5 Å². The molecule has 1 aliphatic rings. The van der Waals surface area contributed by atoms with E-state index < -0.39 is 46.8 Å². The zero-order valence-electron chi connectivity index (χ0n) is 23.6. The SMILES string of the molecule is COc1ccc(CN2C(=O)C=C(C(C(=O)CCCN=C([O-])OC(C)(C)C)C(=O)c3ccc(F)cc3)C2=O)c(OC)c1. The lowest BCUT2D eigenvalue weighted by molar-refractivity contribution is -0.260. The highest BCUT2D eigenvalue weighted by Gasteiger charge is 2.41. The number of methoxy groups -OCH3 is 2. The summed E-state index contributed by atoms with van der Waals surface area (Å²) in [6.45, 7) is 4.85. The van der Waals surface area contributed by atoms with E-state index in [0.717, 1.165) is 23.1 Å². The van der Waals surface area contributed by atoms with Crippen LogP contribution in [-0.2, 0) is 25.7 Å². The highest BCUT2D eigenvalue weighted by Crippen LogP contribution is 2.31. The Bertz CT molecular complexity index is 1380. The zero-order chi connectivity index (χ0) is 30.3. The van der Waals surface area contributed by atoms with Crippen LogP contribution in [0.2, 0.25) is 0 Å². The van der Waals surface area contributed by atoms with E-state index in [4.69, 9.17) is 14.2 Å². The number of benzene rings is 2. The average molecular weight is 568 g/mol. The first-order valence-electron chi connectivity index (χ1n) is 12.9. The minimum absolute atomic E-state index is 0.000356. The number of halogens is 1. The highest BCUT2D eigenvalue weighted by atomic mass is 19.1. The second-order valence-electron chi connectivity index (χ2n) is 10.2. The molecular weight excluding hydrogens is 535 g/mol. The molecule has 2 aromatic rings. The summed E-state index contributed by atoms with van der Waals surface area (Å²) in [5.41, 5.74) is -0.515. The van der Waals surface area contributed by atoms with Crippen molar-refractivity contribution in [3.63, 3.8) is 0 Å². The van der Waals surface area contributed by atoms with Crippen LogP contribution in [0.1, 0.15) is 49.5 Å². The largest absolute Gasteiger partial charge is 0.595 e. The first-order chi connectivity index (χ1) is 19.3. The standard InChI is InChI=1S/C30H33FN2O8/c1-30(2,3)41-29(38)32-14-6-7-23(34)26(27(36)18-8-11-20(31)12-9-18)22-16-25(35)33(28(22)37)17-19-10-13-21(39-4)15-24(19)40-5/h8-13,15-16,26H,6-7,14,17H2,1-5H3,(H,32,38)/p-1. The van der Waals surface area contributed by atoms with Gasteiger partial charge in [0.2, 0.25) is 0 Å². The molecule has 0 saturated carbocycles. The summed E-state index contributed by atoms with van der Waals surface area (Å²) in [7, 11) is 2.92. The van der Waals surface area contributed by atoms with Gasteiger partial charge >= 0.3 is 0 Å². The summed E-state index contributed by atoms with van der Waals surface area (Å²) in [4.78, 5) is 57.9. The van der Waals surface area contributed by atoms with Gasteiger partial charge in [-0.2, -0.15) is 0 Å². The number of aliphatic imine (C=N–C) groups is 1. The fraction of sp³-hybridized carbons (Fsp3) is 0.367. The van der Waals surface area contributed by atoms with Crippen molar-refractivity contribution < 1.29 is 42.9 Å². The fourth-order valence-electron chi connectivity index (χ4n) is 4.14. The van der Waals surface area contributed by atoms with Crippen molar-refractivity contribution in [2.24, 2.45) is 10.9 Å². The maximum absolute atomic E-state index is 13.5. The molecular formula is C30H32FN2O8-. The average Bonchev–Trinajstić information content (AvgIpc) is 3.18. The number of carbonyl (C=O) groups is 4. The summed E-state index contributed by atoms with van der Waals surface area (Å²) >= 11 is 0. The molecule has 2 amide bonds. The summed E-state index contributed by atoms with van der Waals surface area (Å²) in [6, 6.07) is 9.41. The van der Waals surface area contributed by atoms with Gasteiger partial charge in [-0.1, -0.05) is 20.8 Å². The van der Waals surface area contributed by atoms with Gasteiger partial charge in [0.25, 0.3) is 11.8 Å². The molecule has 0 spiro atoms. The number of hydrogen-bond acceptors (Lipinski definition) is 9. The number of ether oxygens (including phenoxy) is 3. The normalized spacial score (nSPS) is 14.5. The molecule has 0 aromatic heterocycles. The summed E-state index contributed by atoms with van der Waals surface area (Å²) in [5, 5.41) is 11.8. The molecule has 10 nitrogen and oxygen atoms in total. The topological polar surface area (TPSA) is 135 Å². The van der Waals surface area contributed by atoms with Crippen LogP contribution in [0.5, 0.6) is 11.5 Å². The Morgan fingerprint density at radius 3 is 2.34 bits per heavy atom. The van der Waals surface area contributed by atoms with Crippen molar-refractivity contribution in [3.05, 3.63) is 71.1 Å². The quantitative estimate of drug-likeness (QED) is 0.0954. The fourth-order valence-corrected chi connectivity index (χ4v) is 4.14. The van der Waals surface area contributed by atoms with E-state index in [2.05, 4.69) is 4.99 Å². The van der Waals surface area contributed by atoms with Crippen LogP contribution in [-0.4, -0.2) is 60.7 Å². The minimum atomic E-state index is -1.61. The van der Waals surface area contributed by atoms with Gasteiger partial charge in [0.1, 0.15) is 35.1 Å². The van der Waals surface area contributed by atoms with E-state index in [9.17, 15) is 28.7 Å². The van der Waals surface area contributed by atoms with Gasteiger partial charge in [0, 0.05) is 47.4 Å². The zero-order valence-corrected chi connectivity index (χ0v) is 23.6. The number of imide groups is 1. The van der Waals surface area contributed by atoms with Crippen LogP contribution in [0.15, 0.2) is 59.1 Å². The van der Waals surface area contributed by atoms with Crippen molar-refractivity contribution in [2.45, 2.75) is 45.8 Å². The third kappa shape index (κ3) is 8.00. The number of hydrogen-bond donors (Lipinski definition) is 0. The molecule has 2 aromatic carbocycles. The second kappa shape index (κ2) is 13.2. The molecule has 41 heavy (non-hydrogen) atoms. The van der Waals surface area contributed by atoms with Gasteiger partial charge < -0.3 is 19.3 Å². The Labute approximate surface area is 237 Å². The molecule has 0 fully saturated rings. The number of ketones is 2. The van der Waals surface area contributed by atoms with Crippen molar-refractivity contribution >= 4 is 29.5 Å². The van der Waals surface area contributed by atoms with E-state index in [-0.39, 0.29) is 37.1 Å². The number of rotatable bonds is 12. The van der Waals surface area contributed by atoms with E-state index in [1.54, 1.807) is 39.0 Å². The van der Waals surface area contributed by atoms with Crippen molar-refractivity contribution in [1.29, 1.82) is 0 Å². The molecule has 1 unspecified atom stereocenters. The minimum Gasteiger partial charge on any atom is -0.595 e. The molecule has 0 radical (unpaired) electrons. The molecule has 0 aliphatic carbocycles. The molecule has 0 N–H and O–H groups in total. The predicted octanol–water partition coefficient (Wildman–Crippen LogP) is 3.02. The number of nitrogens with zero attached hydrogens (tertiary/aromatic N) is 2. The maximum Gasteiger partial charge on any atom is 0.258 e. The Kier molecular flexibility index (Phi) is 9.99. The lowest BCUT2D eigenvalue weighted by Gasteiger charge is -2.29. The van der Waals surface area contributed by atoms with Crippen molar-refractivity contribution in [1.82, 2.24) is 4.90 Å². The van der Waals surface area contributed by atoms with Crippen LogP contribution in [0.4, 0.5) is 4.39 Å². The Balaban J connectivity index is 1.84. The van der Waals surface area contributed by atoms with Gasteiger partial charge in [-0.05, 0) is 42.8 Å². The molecule has 1 heterocycles.